The topological polar surface area (TPSA) is 84.5 Å². The minimum atomic E-state index is -4.49. The first-order chi connectivity index (χ1) is 14.0. The van der Waals surface area contributed by atoms with Crippen molar-refractivity contribution >= 4 is 15.9 Å². The molecule has 2 N–H and O–H groups in total. The summed E-state index contributed by atoms with van der Waals surface area (Å²) >= 11 is 0. The highest BCUT2D eigenvalue weighted by molar-refractivity contribution is 7.89. The minimum absolute atomic E-state index is 0.0703. The van der Waals surface area contributed by atoms with Crippen LogP contribution in [0.1, 0.15) is 40.0 Å². The lowest BCUT2D eigenvalue weighted by Crippen LogP contribution is -2.29. The van der Waals surface area contributed by atoms with Crippen molar-refractivity contribution in [2.24, 2.45) is 0 Å². The van der Waals surface area contributed by atoms with Crippen LogP contribution in [-0.2, 0) is 20.9 Å². The maximum Gasteiger partial charge on any atom is 0.416 e. The molecule has 0 radical (unpaired) electrons. The highest BCUT2D eigenvalue weighted by Crippen LogP contribution is 2.30. The van der Waals surface area contributed by atoms with Crippen LogP contribution in [0.15, 0.2) is 47.4 Å². The van der Waals surface area contributed by atoms with Crippen LogP contribution < -0.4 is 10.0 Å². The highest BCUT2D eigenvalue weighted by atomic mass is 32.2. The third kappa shape index (κ3) is 6.04. The summed E-state index contributed by atoms with van der Waals surface area (Å²) in [6.07, 6.45) is -4.49. The third-order valence-corrected chi connectivity index (χ3v) is 5.88. The summed E-state index contributed by atoms with van der Waals surface area (Å²) in [5, 5.41) is 2.62. The smallest absolute Gasteiger partial charge is 0.383 e. The normalized spacial score (nSPS) is 13.1. The molecule has 30 heavy (non-hydrogen) atoms. The third-order valence-electron chi connectivity index (χ3n) is 4.42. The number of sulfonamides is 1. The summed E-state index contributed by atoms with van der Waals surface area (Å²) in [6, 6.07) is 8.05. The molecular formula is C20H23F3N2O4S. The molecule has 1 amide bonds. The lowest BCUT2D eigenvalue weighted by molar-refractivity contribution is -0.137. The molecule has 0 bridgehead atoms. The van der Waals surface area contributed by atoms with E-state index in [0.717, 1.165) is 12.1 Å². The van der Waals surface area contributed by atoms with Gasteiger partial charge in [0.2, 0.25) is 10.0 Å². The Labute approximate surface area is 173 Å². The predicted octanol–water partition coefficient (Wildman–Crippen LogP) is 3.43. The van der Waals surface area contributed by atoms with Crippen molar-refractivity contribution in [1.82, 2.24) is 10.0 Å². The lowest BCUT2D eigenvalue weighted by Gasteiger charge is -2.17. The van der Waals surface area contributed by atoms with Crippen LogP contribution in [0.4, 0.5) is 13.2 Å². The van der Waals surface area contributed by atoms with Gasteiger partial charge in [0.1, 0.15) is 0 Å². The number of carbonyl (C=O) groups is 1. The van der Waals surface area contributed by atoms with Crippen molar-refractivity contribution < 1.29 is 31.1 Å². The summed E-state index contributed by atoms with van der Waals surface area (Å²) in [5.74, 6) is -0.591. The van der Waals surface area contributed by atoms with Gasteiger partial charge < -0.3 is 10.1 Å². The summed E-state index contributed by atoms with van der Waals surface area (Å²) < 4.78 is 70.7. The summed E-state index contributed by atoms with van der Waals surface area (Å²) in [4.78, 5) is 12.6. The van der Waals surface area contributed by atoms with E-state index in [0.29, 0.717) is 5.56 Å². The monoisotopic (exact) mass is 444 g/mol. The number of carbonyl (C=O) groups excluding carboxylic acids is 1. The highest BCUT2D eigenvalue weighted by Gasteiger charge is 2.31. The zero-order chi connectivity index (χ0) is 22.5. The van der Waals surface area contributed by atoms with Crippen molar-refractivity contribution in [3.63, 3.8) is 0 Å². The molecule has 0 saturated carbocycles. The first-order valence-electron chi connectivity index (χ1n) is 9.03. The van der Waals surface area contributed by atoms with Crippen LogP contribution in [0.3, 0.4) is 0 Å². The number of aryl methyl sites for hydroxylation is 1. The van der Waals surface area contributed by atoms with E-state index in [9.17, 15) is 26.4 Å². The van der Waals surface area contributed by atoms with Gasteiger partial charge in [-0.15, -0.1) is 0 Å². The van der Waals surface area contributed by atoms with E-state index >= 15 is 0 Å². The SMILES string of the molecule is COCCNS(=O)(=O)c1ccc(C)c(C(=O)N[C@@H](C)c2cccc(C(F)(F)F)c2)c1. The van der Waals surface area contributed by atoms with E-state index in [1.54, 1.807) is 13.8 Å². The molecule has 0 unspecified atom stereocenters. The molecule has 6 nitrogen and oxygen atoms in total. The molecular weight excluding hydrogens is 421 g/mol. The summed E-state index contributed by atoms with van der Waals surface area (Å²) in [5.41, 5.74) is 0.108. The van der Waals surface area contributed by atoms with Gasteiger partial charge in [-0.25, -0.2) is 13.1 Å². The van der Waals surface area contributed by atoms with E-state index in [1.807, 2.05) is 0 Å². The second-order valence-corrected chi connectivity index (χ2v) is 8.45. The van der Waals surface area contributed by atoms with E-state index in [2.05, 4.69) is 10.0 Å². The minimum Gasteiger partial charge on any atom is -0.383 e. The average molecular weight is 444 g/mol. The Kier molecular flexibility index (Phi) is 7.62. The zero-order valence-electron chi connectivity index (χ0n) is 16.7. The van der Waals surface area contributed by atoms with Gasteiger partial charge in [-0.05, 0) is 49.2 Å². The first-order valence-corrected chi connectivity index (χ1v) is 10.5. The molecule has 10 heteroatoms. The second kappa shape index (κ2) is 9.59. The van der Waals surface area contributed by atoms with Crippen LogP contribution in [0, 0.1) is 6.92 Å². The predicted molar refractivity (Wildman–Crippen MR) is 106 cm³/mol. The quantitative estimate of drug-likeness (QED) is 0.611. The van der Waals surface area contributed by atoms with Crippen molar-refractivity contribution in [2.75, 3.05) is 20.3 Å². The van der Waals surface area contributed by atoms with Crippen LogP contribution in [-0.4, -0.2) is 34.6 Å². The number of halogens is 3. The molecule has 2 aromatic rings. The molecule has 0 aliphatic rings. The van der Waals surface area contributed by atoms with E-state index in [4.69, 9.17) is 4.74 Å². The molecule has 0 aromatic heterocycles. The van der Waals surface area contributed by atoms with Crippen LogP contribution in [0.5, 0.6) is 0 Å². The van der Waals surface area contributed by atoms with Crippen molar-refractivity contribution in [2.45, 2.75) is 31.0 Å². The molecule has 0 saturated heterocycles. The summed E-state index contributed by atoms with van der Waals surface area (Å²) in [7, 11) is -2.40. The number of alkyl halides is 3. The number of rotatable bonds is 8. The van der Waals surface area contributed by atoms with E-state index in [1.165, 1.54) is 37.4 Å². The van der Waals surface area contributed by atoms with Crippen LogP contribution >= 0.6 is 0 Å². The van der Waals surface area contributed by atoms with Crippen molar-refractivity contribution in [1.29, 1.82) is 0 Å². The standard InChI is InChI=1S/C20H23F3N2O4S/c1-13-7-8-17(30(27,28)24-9-10-29-3)12-18(13)19(26)25-14(2)15-5-4-6-16(11-15)20(21,22)23/h4-8,11-12,14,24H,9-10H2,1-3H3,(H,25,26)/t14-/m0/s1. The first kappa shape index (κ1) is 23.8. The molecule has 0 spiro atoms. The Morgan fingerprint density at radius 2 is 1.87 bits per heavy atom. The largest absolute Gasteiger partial charge is 0.416 e. The van der Waals surface area contributed by atoms with Gasteiger partial charge >= 0.3 is 6.18 Å². The summed E-state index contributed by atoms with van der Waals surface area (Å²) in [6.45, 7) is 3.45. The van der Waals surface area contributed by atoms with Gasteiger partial charge in [-0.3, -0.25) is 4.79 Å². The zero-order valence-corrected chi connectivity index (χ0v) is 17.5. The number of hydrogen-bond donors (Lipinski definition) is 2. The van der Waals surface area contributed by atoms with Crippen molar-refractivity contribution in [3.8, 4) is 0 Å². The Balaban J connectivity index is 2.23. The Hall–Kier alpha value is -2.43. The Bertz CT molecular complexity index is 1010. The maximum absolute atomic E-state index is 12.9. The Morgan fingerprint density at radius 3 is 2.50 bits per heavy atom. The number of ether oxygens (including phenoxy) is 1. The molecule has 0 heterocycles. The van der Waals surface area contributed by atoms with Gasteiger partial charge in [-0.2, -0.15) is 13.2 Å². The number of amides is 1. The fourth-order valence-electron chi connectivity index (χ4n) is 2.72. The van der Waals surface area contributed by atoms with Gasteiger partial charge in [0.05, 0.1) is 23.1 Å². The number of nitrogens with one attached hydrogen (secondary N) is 2. The van der Waals surface area contributed by atoms with Gasteiger partial charge in [-0.1, -0.05) is 18.2 Å². The lowest BCUT2D eigenvalue weighted by atomic mass is 10.0. The molecule has 0 fully saturated rings. The molecule has 0 aliphatic heterocycles. The molecule has 2 aromatic carbocycles. The average Bonchev–Trinajstić information content (AvgIpc) is 2.67. The second-order valence-electron chi connectivity index (χ2n) is 6.69. The molecule has 2 rings (SSSR count). The van der Waals surface area contributed by atoms with E-state index in [-0.39, 0.29) is 29.2 Å². The van der Waals surface area contributed by atoms with Gasteiger partial charge in [0, 0.05) is 19.2 Å². The number of benzene rings is 2. The Morgan fingerprint density at radius 1 is 1.17 bits per heavy atom. The molecule has 1 atom stereocenters. The fourth-order valence-corrected chi connectivity index (χ4v) is 3.76. The number of hydrogen-bond acceptors (Lipinski definition) is 4. The van der Waals surface area contributed by atoms with E-state index < -0.39 is 33.7 Å². The fraction of sp³-hybridized carbons (Fsp3) is 0.350. The van der Waals surface area contributed by atoms with Gasteiger partial charge in [0.15, 0.2) is 0 Å². The molecule has 0 aliphatic carbocycles. The molecule has 164 valence electrons. The van der Waals surface area contributed by atoms with Crippen LogP contribution in [0.25, 0.3) is 0 Å². The van der Waals surface area contributed by atoms with Crippen LogP contribution in [0.2, 0.25) is 0 Å². The van der Waals surface area contributed by atoms with Crippen molar-refractivity contribution in [3.05, 3.63) is 64.7 Å². The maximum atomic E-state index is 12.9. The number of methoxy groups -OCH3 is 1. The van der Waals surface area contributed by atoms with Gasteiger partial charge in [0.25, 0.3) is 5.91 Å².